The van der Waals surface area contributed by atoms with Gasteiger partial charge in [0, 0.05) is 25.4 Å². The minimum absolute atomic E-state index is 0.0271. The van der Waals surface area contributed by atoms with Crippen molar-refractivity contribution in [2.75, 3.05) is 13.1 Å². The molecule has 13 heteroatoms. The predicted molar refractivity (Wildman–Crippen MR) is 134 cm³/mol. The molecule has 1 aliphatic carbocycles. The number of halogens is 5. The van der Waals surface area contributed by atoms with Crippen molar-refractivity contribution in [3.8, 4) is 0 Å². The van der Waals surface area contributed by atoms with E-state index in [1.54, 1.807) is 20.8 Å². The summed E-state index contributed by atoms with van der Waals surface area (Å²) in [6.07, 6.45) is -0.121. The van der Waals surface area contributed by atoms with Crippen molar-refractivity contribution in [1.82, 2.24) is 19.7 Å². The van der Waals surface area contributed by atoms with Crippen molar-refractivity contribution in [2.24, 2.45) is 11.3 Å². The van der Waals surface area contributed by atoms with Gasteiger partial charge in [-0.05, 0) is 37.0 Å². The molecule has 0 unspecified atom stereocenters. The molecule has 1 saturated carbocycles. The molecule has 2 aromatic rings. The summed E-state index contributed by atoms with van der Waals surface area (Å²) in [7, 11) is 0. The van der Waals surface area contributed by atoms with Gasteiger partial charge in [-0.25, -0.2) is 0 Å². The molecule has 0 saturated heterocycles. The SMILES string of the molecule is CC(C)(C)CN(CC(=O)c1c(Cl)cncc1Cl)C(=O)c1cnn([C@H]2CC[C@@H](CC(=O)O)CC2)c1C(F)(F)F. The zero-order valence-electron chi connectivity index (χ0n) is 21.2. The molecule has 0 aliphatic heterocycles. The van der Waals surface area contributed by atoms with Crippen molar-refractivity contribution in [1.29, 1.82) is 0 Å². The van der Waals surface area contributed by atoms with Gasteiger partial charge in [-0.15, -0.1) is 0 Å². The summed E-state index contributed by atoms with van der Waals surface area (Å²) < 4.78 is 43.8. The average molecular weight is 577 g/mol. The molecule has 1 fully saturated rings. The van der Waals surface area contributed by atoms with E-state index in [2.05, 4.69) is 10.1 Å². The molecule has 0 radical (unpaired) electrons. The number of carbonyl (C=O) groups excluding carboxylic acids is 2. The maximum absolute atomic E-state index is 14.3. The van der Waals surface area contributed by atoms with Gasteiger partial charge in [0.2, 0.25) is 0 Å². The highest BCUT2D eigenvalue weighted by Gasteiger charge is 2.43. The van der Waals surface area contributed by atoms with E-state index in [1.807, 2.05) is 0 Å². The molecule has 208 valence electrons. The number of rotatable bonds is 8. The highest BCUT2D eigenvalue weighted by atomic mass is 35.5. The zero-order valence-corrected chi connectivity index (χ0v) is 22.7. The lowest BCUT2D eigenvalue weighted by molar-refractivity contribution is -0.145. The third-order valence-corrected chi connectivity index (χ3v) is 6.91. The lowest BCUT2D eigenvalue weighted by Crippen LogP contribution is -2.42. The minimum Gasteiger partial charge on any atom is -0.481 e. The van der Waals surface area contributed by atoms with Crippen LogP contribution in [0.3, 0.4) is 0 Å². The van der Waals surface area contributed by atoms with Gasteiger partial charge >= 0.3 is 12.1 Å². The van der Waals surface area contributed by atoms with E-state index in [-0.39, 0.29) is 34.5 Å². The van der Waals surface area contributed by atoms with Crippen LogP contribution in [0.5, 0.6) is 0 Å². The summed E-state index contributed by atoms with van der Waals surface area (Å²) in [5, 5.41) is 12.9. The topological polar surface area (TPSA) is 105 Å². The second-order valence-electron chi connectivity index (χ2n) is 10.7. The fourth-order valence-corrected chi connectivity index (χ4v) is 5.37. The summed E-state index contributed by atoms with van der Waals surface area (Å²) in [4.78, 5) is 42.5. The standard InChI is InChI=1S/C25H29Cl2F3N4O4/c1-24(2,3)13-33(12-19(35)21-17(26)10-31-11-18(21)27)23(38)16-9-32-34(22(16)25(28,29)30)15-6-4-14(5-7-15)8-20(36)37/h9-11,14-15H,4-8,12-13H2,1-3H3,(H,36,37)/t14-,15+. The number of aromatic nitrogens is 3. The van der Waals surface area contributed by atoms with Crippen LogP contribution in [0, 0.1) is 11.3 Å². The molecule has 1 aliphatic rings. The molecule has 2 aromatic heterocycles. The second-order valence-corrected chi connectivity index (χ2v) is 11.6. The molecular weight excluding hydrogens is 548 g/mol. The Morgan fingerprint density at radius 1 is 1.05 bits per heavy atom. The van der Waals surface area contributed by atoms with E-state index in [1.165, 1.54) is 12.4 Å². The van der Waals surface area contributed by atoms with Gasteiger partial charge in [0.15, 0.2) is 11.5 Å². The number of pyridine rings is 1. The number of hydrogen-bond donors (Lipinski definition) is 1. The Kier molecular flexibility index (Phi) is 9.13. The number of nitrogens with zero attached hydrogens (tertiary/aromatic N) is 4. The van der Waals surface area contributed by atoms with Crippen LogP contribution >= 0.6 is 23.2 Å². The third-order valence-electron chi connectivity index (χ3n) is 6.34. The van der Waals surface area contributed by atoms with Crippen LogP contribution in [0.15, 0.2) is 18.6 Å². The summed E-state index contributed by atoms with van der Waals surface area (Å²) in [5.41, 5.74) is -2.47. The number of carboxylic acid groups (broad SMARTS) is 1. The minimum atomic E-state index is -4.89. The Bertz CT molecular complexity index is 1180. The molecule has 38 heavy (non-hydrogen) atoms. The quantitative estimate of drug-likeness (QED) is 0.376. The number of aliphatic carboxylic acids is 1. The number of Topliss-reactive ketones (excluding diaryl/α,β-unsaturated/α-hetero) is 1. The first-order chi connectivity index (χ1) is 17.6. The summed E-state index contributed by atoms with van der Waals surface area (Å²) in [6, 6.07) is -0.634. The van der Waals surface area contributed by atoms with Gasteiger partial charge in [0.25, 0.3) is 5.91 Å². The van der Waals surface area contributed by atoms with Crippen LogP contribution in [-0.2, 0) is 11.0 Å². The van der Waals surface area contributed by atoms with Crippen LogP contribution in [0.25, 0.3) is 0 Å². The molecule has 1 N–H and O–H groups in total. The van der Waals surface area contributed by atoms with Crippen molar-refractivity contribution >= 4 is 40.9 Å². The molecule has 0 spiro atoms. The van der Waals surface area contributed by atoms with Crippen molar-refractivity contribution in [3.63, 3.8) is 0 Å². The lowest BCUT2D eigenvalue weighted by atomic mass is 9.84. The molecule has 3 rings (SSSR count). The third kappa shape index (κ3) is 7.25. The summed E-state index contributed by atoms with van der Waals surface area (Å²) in [5.74, 6) is -2.69. The van der Waals surface area contributed by atoms with Crippen LogP contribution in [0.4, 0.5) is 13.2 Å². The second kappa shape index (κ2) is 11.6. The first-order valence-electron chi connectivity index (χ1n) is 12.1. The number of carbonyl (C=O) groups is 3. The Morgan fingerprint density at radius 3 is 2.13 bits per heavy atom. The van der Waals surface area contributed by atoms with Crippen LogP contribution in [0.2, 0.25) is 10.0 Å². The Balaban J connectivity index is 1.94. The summed E-state index contributed by atoms with van der Waals surface area (Å²) in [6.45, 7) is 4.78. The predicted octanol–water partition coefficient (Wildman–Crippen LogP) is 6.18. The van der Waals surface area contributed by atoms with Crippen LogP contribution in [0.1, 0.15) is 85.3 Å². The van der Waals surface area contributed by atoms with Gasteiger partial charge in [-0.3, -0.25) is 24.0 Å². The van der Waals surface area contributed by atoms with Gasteiger partial charge < -0.3 is 10.0 Å². The fraction of sp³-hybridized carbons (Fsp3) is 0.560. The molecule has 0 aromatic carbocycles. The smallest absolute Gasteiger partial charge is 0.433 e. The highest BCUT2D eigenvalue weighted by molar-refractivity contribution is 6.39. The Hall–Kier alpha value is -2.66. The van der Waals surface area contributed by atoms with Gasteiger partial charge in [-0.2, -0.15) is 18.3 Å². The number of carboxylic acids is 1. The normalized spacial score (nSPS) is 18.3. The maximum atomic E-state index is 14.3. The molecular formula is C25H29Cl2F3N4O4. The van der Waals surface area contributed by atoms with Crippen molar-refractivity contribution in [2.45, 2.75) is 65.1 Å². The first kappa shape index (κ1) is 29.9. The summed E-state index contributed by atoms with van der Waals surface area (Å²) >= 11 is 12.2. The lowest BCUT2D eigenvalue weighted by Gasteiger charge is -2.31. The van der Waals surface area contributed by atoms with Gasteiger partial charge in [0.1, 0.15) is 0 Å². The van der Waals surface area contributed by atoms with E-state index in [9.17, 15) is 27.6 Å². The van der Waals surface area contributed by atoms with E-state index in [0.29, 0.717) is 25.7 Å². The Labute approximate surface area is 228 Å². The largest absolute Gasteiger partial charge is 0.481 e. The Morgan fingerprint density at radius 2 is 1.63 bits per heavy atom. The van der Waals surface area contributed by atoms with Gasteiger partial charge in [0.05, 0.1) is 40.0 Å². The average Bonchev–Trinajstić information content (AvgIpc) is 3.23. The highest BCUT2D eigenvalue weighted by Crippen LogP contribution is 2.40. The fourth-order valence-electron chi connectivity index (χ4n) is 4.79. The molecule has 1 amide bonds. The molecule has 2 heterocycles. The van der Waals surface area contributed by atoms with Gasteiger partial charge in [-0.1, -0.05) is 44.0 Å². The van der Waals surface area contributed by atoms with E-state index in [0.717, 1.165) is 15.8 Å². The van der Waals surface area contributed by atoms with E-state index >= 15 is 0 Å². The molecule has 8 nitrogen and oxygen atoms in total. The van der Waals surface area contributed by atoms with Crippen molar-refractivity contribution in [3.05, 3.63) is 45.5 Å². The number of hydrogen-bond acceptors (Lipinski definition) is 5. The van der Waals surface area contributed by atoms with Crippen LogP contribution < -0.4 is 0 Å². The molecule has 0 atom stereocenters. The maximum Gasteiger partial charge on any atom is 0.433 e. The van der Waals surface area contributed by atoms with Crippen LogP contribution in [-0.4, -0.2) is 55.5 Å². The van der Waals surface area contributed by atoms with E-state index in [4.69, 9.17) is 28.3 Å². The number of ketones is 1. The van der Waals surface area contributed by atoms with E-state index < -0.39 is 53.1 Å². The zero-order chi connectivity index (χ0) is 28.4. The monoisotopic (exact) mass is 576 g/mol. The molecule has 0 bridgehead atoms. The number of amides is 1. The first-order valence-corrected chi connectivity index (χ1v) is 12.8. The van der Waals surface area contributed by atoms with Crippen molar-refractivity contribution < 1.29 is 32.7 Å². The number of alkyl halides is 3.